The Morgan fingerprint density at radius 1 is 0.923 bits per heavy atom. The van der Waals surface area contributed by atoms with Crippen molar-refractivity contribution in [1.29, 1.82) is 0 Å². The molecule has 0 aromatic heterocycles. The van der Waals surface area contributed by atoms with Crippen molar-refractivity contribution in [2.24, 2.45) is 23.7 Å². The zero-order valence-corrected chi connectivity index (χ0v) is 41.7. The van der Waals surface area contributed by atoms with Crippen LogP contribution in [0.5, 0.6) is 0 Å². The summed E-state index contributed by atoms with van der Waals surface area (Å²) < 4.78 is 38.7. The molecule has 0 saturated carbocycles. The fourth-order valence-corrected chi connectivity index (χ4v) is 10.5. The smallest absolute Gasteiger partial charge is 0.324 e. The van der Waals surface area contributed by atoms with Crippen LogP contribution in [-0.4, -0.2) is 160 Å². The largest absolute Gasteiger partial charge is 0.459 e. The summed E-state index contributed by atoms with van der Waals surface area (Å²) in [6, 6.07) is 8.10. The van der Waals surface area contributed by atoms with Crippen LogP contribution in [0.25, 0.3) is 0 Å². The number of cyclic esters (lactones) is 1. The fraction of sp³-hybridized carbons (Fsp3) is 0.837. The third-order valence-corrected chi connectivity index (χ3v) is 15.0. The van der Waals surface area contributed by atoms with E-state index >= 15 is 0 Å². The molecule has 0 radical (unpaired) electrons. The van der Waals surface area contributed by atoms with Gasteiger partial charge < -0.3 is 64.2 Å². The number of methoxy groups -OCH3 is 1. The molecule has 65 heavy (non-hydrogen) atoms. The first-order chi connectivity index (χ1) is 30.3. The lowest BCUT2D eigenvalue weighted by Gasteiger charge is -2.53. The molecule has 4 rings (SSSR count). The summed E-state index contributed by atoms with van der Waals surface area (Å²) in [5.74, 6) is -3.19. The van der Waals surface area contributed by atoms with Crippen LogP contribution in [0.2, 0.25) is 0 Å². The van der Waals surface area contributed by atoms with Crippen LogP contribution >= 0.6 is 0 Å². The number of nitrogens with zero attached hydrogens (tertiary/aromatic N) is 2. The zero-order valence-electron chi connectivity index (χ0n) is 41.7. The topological polar surface area (TPSA) is 209 Å². The SMILES string of the molecule is CCCNC[C@]1(O)[C@H](C)O[C@@H](O[C@H]2[C@H](C)[C@@H](O[C@@H]3O[C@H](C)C[C@H](N(C)C(=O)N(C)c4ccccc4)[C@H]3O)[C@](C)(O)C[C@@H](C)CC[C@H](C)[C@@H](O)[C@](C)(O)[C@@H](CC)OC(=O)[C@@H]2C)C[C@@]1(C)OC. The lowest BCUT2D eigenvalue weighted by molar-refractivity contribution is -0.336. The highest BCUT2D eigenvalue weighted by atomic mass is 16.7. The second kappa shape index (κ2) is 22.8. The molecular weight excluding hydrogens is 839 g/mol. The van der Waals surface area contributed by atoms with Crippen molar-refractivity contribution >= 4 is 17.7 Å². The molecule has 1 aromatic rings. The van der Waals surface area contributed by atoms with Gasteiger partial charge in [-0.1, -0.05) is 59.2 Å². The number of aliphatic hydroxyl groups excluding tert-OH is 2. The van der Waals surface area contributed by atoms with Gasteiger partial charge in [-0.25, -0.2) is 4.79 Å². The van der Waals surface area contributed by atoms with Gasteiger partial charge >= 0.3 is 12.0 Å². The Labute approximate surface area is 388 Å². The quantitative estimate of drug-likeness (QED) is 0.121. The number of nitrogens with one attached hydrogen (secondary N) is 1. The van der Waals surface area contributed by atoms with Gasteiger partial charge in [0.25, 0.3) is 0 Å². The minimum atomic E-state index is -1.79. The first-order valence-corrected chi connectivity index (χ1v) is 24.0. The number of aliphatic hydroxyl groups is 5. The number of likely N-dealkylation sites (N-methyl/N-ethyl adjacent to an activating group) is 1. The van der Waals surface area contributed by atoms with Crippen molar-refractivity contribution in [2.45, 2.75) is 205 Å². The van der Waals surface area contributed by atoms with Crippen LogP contribution in [0.3, 0.4) is 0 Å². The van der Waals surface area contributed by atoms with Crippen LogP contribution in [0.15, 0.2) is 30.3 Å². The van der Waals surface area contributed by atoms with Gasteiger partial charge in [0.05, 0.1) is 48.1 Å². The third-order valence-electron chi connectivity index (χ3n) is 15.0. The number of benzene rings is 1. The molecule has 3 fully saturated rings. The lowest BCUT2D eigenvalue weighted by Crippen LogP contribution is -2.70. The number of amides is 2. The molecule has 18 atom stereocenters. The van der Waals surface area contributed by atoms with E-state index in [-0.39, 0.29) is 37.8 Å². The highest BCUT2D eigenvalue weighted by Gasteiger charge is 2.58. The van der Waals surface area contributed by atoms with Crippen LogP contribution in [0.4, 0.5) is 10.5 Å². The monoisotopic (exact) mass is 924 g/mol. The van der Waals surface area contributed by atoms with Crippen LogP contribution in [0, 0.1) is 23.7 Å². The second-order valence-corrected chi connectivity index (χ2v) is 20.4. The summed E-state index contributed by atoms with van der Waals surface area (Å²) in [5, 5.41) is 63.7. The molecule has 374 valence electrons. The van der Waals surface area contributed by atoms with Crippen molar-refractivity contribution in [3.63, 3.8) is 0 Å². The predicted molar refractivity (Wildman–Crippen MR) is 247 cm³/mol. The predicted octanol–water partition coefficient (Wildman–Crippen LogP) is 4.99. The number of hydrogen-bond donors (Lipinski definition) is 6. The molecule has 0 unspecified atom stereocenters. The van der Waals surface area contributed by atoms with Gasteiger partial charge in [0.15, 0.2) is 12.6 Å². The number of para-hydroxylation sites is 1. The number of ether oxygens (including phenoxy) is 6. The maximum absolute atomic E-state index is 14.5. The van der Waals surface area contributed by atoms with Gasteiger partial charge in [-0.15, -0.1) is 0 Å². The Bertz CT molecular complexity index is 1660. The summed E-state index contributed by atoms with van der Waals surface area (Å²) in [6.45, 7) is 20.5. The van der Waals surface area contributed by atoms with E-state index in [1.54, 1.807) is 55.6 Å². The van der Waals surface area contributed by atoms with Crippen molar-refractivity contribution in [3.05, 3.63) is 30.3 Å². The van der Waals surface area contributed by atoms with Crippen molar-refractivity contribution in [3.8, 4) is 0 Å². The van der Waals surface area contributed by atoms with E-state index in [1.807, 2.05) is 58.0 Å². The van der Waals surface area contributed by atoms with Crippen LogP contribution in [-0.2, 0) is 33.2 Å². The Balaban J connectivity index is 1.80. The number of esters is 1. The van der Waals surface area contributed by atoms with E-state index in [2.05, 4.69) is 5.32 Å². The Morgan fingerprint density at radius 3 is 2.17 bits per heavy atom. The van der Waals surface area contributed by atoms with Gasteiger partial charge in [-0.05, 0) is 104 Å². The number of anilines is 1. The molecule has 1 aromatic carbocycles. The Morgan fingerprint density at radius 2 is 1.57 bits per heavy atom. The number of carbonyl (C=O) groups is 2. The summed E-state index contributed by atoms with van der Waals surface area (Å²) in [6.07, 6.45) is -6.93. The van der Waals surface area contributed by atoms with Gasteiger partial charge in [0, 0.05) is 45.8 Å². The average molecular weight is 924 g/mol. The maximum Gasteiger partial charge on any atom is 0.324 e. The number of carbonyl (C=O) groups excluding carboxylic acids is 2. The number of urea groups is 1. The number of hydrogen-bond acceptors (Lipinski definition) is 14. The minimum absolute atomic E-state index is 0.0555. The van der Waals surface area contributed by atoms with Gasteiger partial charge in [0.2, 0.25) is 0 Å². The molecule has 3 aliphatic rings. The van der Waals surface area contributed by atoms with Crippen molar-refractivity contribution < 1.29 is 63.5 Å². The third kappa shape index (κ3) is 12.4. The lowest BCUT2D eigenvalue weighted by atomic mass is 9.75. The average Bonchev–Trinajstić information content (AvgIpc) is 3.26. The molecule has 6 N–H and O–H groups in total. The Hall–Kier alpha value is -2.48. The summed E-state index contributed by atoms with van der Waals surface area (Å²) in [4.78, 5) is 31.4. The highest BCUT2D eigenvalue weighted by molar-refractivity contribution is 5.91. The Kier molecular flexibility index (Phi) is 19.3. The molecule has 3 heterocycles. The normalized spacial score (nSPS) is 42.6. The number of rotatable bonds is 12. The molecule has 16 heteroatoms. The molecule has 16 nitrogen and oxygen atoms in total. The van der Waals surface area contributed by atoms with E-state index in [0.29, 0.717) is 31.5 Å². The molecule has 0 bridgehead atoms. The summed E-state index contributed by atoms with van der Waals surface area (Å²) in [5.41, 5.74) is -5.41. The van der Waals surface area contributed by atoms with E-state index in [1.165, 1.54) is 23.8 Å². The molecule has 0 spiro atoms. The zero-order chi connectivity index (χ0) is 48.8. The summed E-state index contributed by atoms with van der Waals surface area (Å²) in [7, 11) is 4.82. The van der Waals surface area contributed by atoms with Crippen molar-refractivity contribution in [2.75, 3.05) is 39.2 Å². The van der Waals surface area contributed by atoms with E-state index in [0.717, 1.165) is 6.42 Å². The fourth-order valence-electron chi connectivity index (χ4n) is 10.5. The van der Waals surface area contributed by atoms with Crippen LogP contribution < -0.4 is 10.2 Å². The minimum Gasteiger partial charge on any atom is -0.459 e. The molecule has 0 aliphatic carbocycles. The summed E-state index contributed by atoms with van der Waals surface area (Å²) >= 11 is 0. The van der Waals surface area contributed by atoms with E-state index in [4.69, 9.17) is 28.4 Å². The maximum atomic E-state index is 14.5. The molecular formula is C49H85N3O13. The highest BCUT2D eigenvalue weighted by Crippen LogP contribution is 2.44. The van der Waals surface area contributed by atoms with Gasteiger partial charge in [-0.2, -0.15) is 0 Å². The van der Waals surface area contributed by atoms with Crippen LogP contribution in [0.1, 0.15) is 121 Å². The first kappa shape index (κ1) is 55.1. The van der Waals surface area contributed by atoms with Crippen molar-refractivity contribution in [1.82, 2.24) is 10.2 Å². The van der Waals surface area contributed by atoms with E-state index in [9.17, 15) is 35.1 Å². The standard InChI is InChI=1S/C49H85N3O13/c1-15-24-50-28-49(59)34(8)62-38(27-47(49,10)60-14)64-40-32(6)42(65-44-39(53)36(25-31(5)61-44)52(13)45(56)51(12)35-20-18-17-19-21-35)46(9,57)26-29(3)22-23-30(4)41(54)48(11,58)37(16-2)63-43(55)33(40)7/h17-21,29-34,36-42,44,50,53-54,57-59H,15-16,22-28H2,1-14H3/t29-,30-,31+,32-,33+,34-,36-,37+,38-,39+,40-,41+,42+,44-,46+,47+,48+,49-/m0/s1. The van der Waals surface area contributed by atoms with Gasteiger partial charge in [0.1, 0.15) is 29.0 Å². The van der Waals surface area contributed by atoms with Gasteiger partial charge in [-0.3, -0.25) is 9.69 Å². The van der Waals surface area contributed by atoms with E-state index < -0.39 is 107 Å². The molecule has 2 amide bonds. The molecule has 3 aliphatic heterocycles. The second-order valence-electron chi connectivity index (χ2n) is 20.4. The first-order valence-electron chi connectivity index (χ1n) is 24.0. The molecule has 3 saturated heterocycles.